The Labute approximate surface area is 91.4 Å². The average molecular weight is 211 g/mol. The van der Waals surface area contributed by atoms with Crippen LogP contribution in [0.3, 0.4) is 0 Å². The molecule has 4 nitrogen and oxygen atoms in total. The van der Waals surface area contributed by atoms with Crippen LogP contribution in [0, 0.1) is 0 Å². The highest BCUT2D eigenvalue weighted by Crippen LogP contribution is 2.00. The molecular weight excluding hydrogens is 190 g/mol. The van der Waals surface area contributed by atoms with Crippen LogP contribution in [0.5, 0.6) is 0 Å². The molecule has 0 radical (unpaired) electrons. The highest BCUT2D eigenvalue weighted by Gasteiger charge is 1.99. The van der Waals surface area contributed by atoms with Gasteiger partial charge in [0.25, 0.3) is 0 Å². The quantitative estimate of drug-likeness (QED) is 0.640. The first-order chi connectivity index (χ1) is 7.36. The molecule has 1 rings (SSSR count). The van der Waals surface area contributed by atoms with Crippen LogP contribution in [0.25, 0.3) is 0 Å². The lowest BCUT2D eigenvalue weighted by atomic mass is 10.3. The SMILES string of the molecule is CCCNCc1cnc(CCCOC)[nH]1. The molecule has 0 fully saturated rings. The molecule has 0 saturated carbocycles. The second-order valence-corrected chi connectivity index (χ2v) is 3.63. The zero-order valence-corrected chi connectivity index (χ0v) is 9.68. The van der Waals surface area contributed by atoms with E-state index >= 15 is 0 Å². The summed E-state index contributed by atoms with van der Waals surface area (Å²) in [5.74, 6) is 1.06. The number of hydrogen-bond acceptors (Lipinski definition) is 3. The van der Waals surface area contributed by atoms with Crippen molar-refractivity contribution in [2.45, 2.75) is 32.7 Å². The molecule has 0 saturated heterocycles. The van der Waals surface area contributed by atoms with Crippen LogP contribution in [0.2, 0.25) is 0 Å². The lowest BCUT2D eigenvalue weighted by Crippen LogP contribution is -2.13. The molecule has 0 atom stereocenters. The first-order valence-corrected chi connectivity index (χ1v) is 5.59. The van der Waals surface area contributed by atoms with Gasteiger partial charge in [0, 0.05) is 38.6 Å². The van der Waals surface area contributed by atoms with Crippen molar-refractivity contribution in [3.8, 4) is 0 Å². The minimum absolute atomic E-state index is 0.796. The maximum absolute atomic E-state index is 5.00. The Kier molecular flexibility index (Phi) is 6.04. The standard InChI is InChI=1S/C11H21N3O/c1-3-6-12-8-10-9-13-11(14-10)5-4-7-15-2/h9,12H,3-8H2,1-2H3,(H,13,14). The van der Waals surface area contributed by atoms with Gasteiger partial charge in [-0.2, -0.15) is 0 Å². The molecule has 0 aliphatic rings. The number of aryl methyl sites for hydroxylation is 1. The molecule has 1 aromatic rings. The van der Waals surface area contributed by atoms with Gasteiger partial charge in [-0.25, -0.2) is 4.98 Å². The molecule has 0 amide bonds. The first-order valence-electron chi connectivity index (χ1n) is 5.59. The average Bonchev–Trinajstić information content (AvgIpc) is 2.67. The molecule has 0 spiro atoms. The van der Waals surface area contributed by atoms with Crippen LogP contribution >= 0.6 is 0 Å². The van der Waals surface area contributed by atoms with E-state index in [9.17, 15) is 0 Å². The van der Waals surface area contributed by atoms with Gasteiger partial charge in [-0.15, -0.1) is 0 Å². The Morgan fingerprint density at radius 1 is 1.53 bits per heavy atom. The van der Waals surface area contributed by atoms with Crippen LogP contribution in [0.1, 0.15) is 31.3 Å². The highest BCUT2D eigenvalue weighted by atomic mass is 16.5. The molecule has 0 aliphatic heterocycles. The Morgan fingerprint density at radius 2 is 2.40 bits per heavy atom. The van der Waals surface area contributed by atoms with E-state index in [1.807, 2.05) is 6.20 Å². The van der Waals surface area contributed by atoms with Crippen molar-refractivity contribution < 1.29 is 4.74 Å². The van der Waals surface area contributed by atoms with Crippen LogP contribution < -0.4 is 5.32 Å². The van der Waals surface area contributed by atoms with Gasteiger partial charge in [0.15, 0.2) is 0 Å². The van der Waals surface area contributed by atoms with E-state index in [0.717, 1.165) is 50.5 Å². The summed E-state index contributed by atoms with van der Waals surface area (Å²) in [6.07, 6.45) is 5.05. The fourth-order valence-corrected chi connectivity index (χ4v) is 1.41. The van der Waals surface area contributed by atoms with Crippen molar-refractivity contribution >= 4 is 0 Å². The van der Waals surface area contributed by atoms with E-state index in [1.54, 1.807) is 7.11 Å². The van der Waals surface area contributed by atoms with Gasteiger partial charge < -0.3 is 15.0 Å². The number of methoxy groups -OCH3 is 1. The van der Waals surface area contributed by atoms with Crippen molar-refractivity contribution in [3.05, 3.63) is 17.7 Å². The molecule has 0 bridgehead atoms. The maximum Gasteiger partial charge on any atom is 0.106 e. The normalized spacial score (nSPS) is 10.8. The molecule has 0 aliphatic carbocycles. The Morgan fingerprint density at radius 3 is 3.13 bits per heavy atom. The molecule has 15 heavy (non-hydrogen) atoms. The molecule has 1 heterocycles. The van der Waals surface area contributed by atoms with Crippen LogP contribution in [-0.4, -0.2) is 30.2 Å². The van der Waals surface area contributed by atoms with Gasteiger partial charge in [-0.3, -0.25) is 0 Å². The number of hydrogen-bond donors (Lipinski definition) is 2. The number of rotatable bonds is 8. The topological polar surface area (TPSA) is 49.9 Å². The second-order valence-electron chi connectivity index (χ2n) is 3.63. The minimum atomic E-state index is 0.796. The monoisotopic (exact) mass is 211 g/mol. The van der Waals surface area contributed by atoms with Gasteiger partial charge >= 0.3 is 0 Å². The van der Waals surface area contributed by atoms with Crippen LogP contribution in [0.4, 0.5) is 0 Å². The van der Waals surface area contributed by atoms with Crippen molar-refractivity contribution in [2.24, 2.45) is 0 Å². The second kappa shape index (κ2) is 7.43. The van der Waals surface area contributed by atoms with E-state index in [2.05, 4.69) is 22.2 Å². The zero-order valence-electron chi connectivity index (χ0n) is 9.68. The third-order valence-corrected chi connectivity index (χ3v) is 2.19. The third kappa shape index (κ3) is 4.95. The maximum atomic E-state index is 5.00. The van der Waals surface area contributed by atoms with Gasteiger partial charge in [-0.1, -0.05) is 6.92 Å². The number of nitrogens with zero attached hydrogens (tertiary/aromatic N) is 1. The first kappa shape index (κ1) is 12.2. The Bertz CT molecular complexity index is 236. The van der Waals surface area contributed by atoms with E-state index in [4.69, 9.17) is 4.74 Å². The van der Waals surface area contributed by atoms with E-state index in [-0.39, 0.29) is 0 Å². The number of aromatic nitrogens is 2. The Balaban J connectivity index is 2.23. The largest absolute Gasteiger partial charge is 0.385 e. The molecular formula is C11H21N3O. The number of H-pyrrole nitrogens is 1. The summed E-state index contributed by atoms with van der Waals surface area (Å²) in [5.41, 5.74) is 1.16. The third-order valence-electron chi connectivity index (χ3n) is 2.19. The summed E-state index contributed by atoms with van der Waals surface area (Å²) in [4.78, 5) is 7.62. The van der Waals surface area contributed by atoms with Gasteiger partial charge in [0.05, 0.1) is 0 Å². The smallest absolute Gasteiger partial charge is 0.106 e. The summed E-state index contributed by atoms with van der Waals surface area (Å²) in [7, 11) is 1.72. The lowest BCUT2D eigenvalue weighted by Gasteiger charge is -1.99. The van der Waals surface area contributed by atoms with Gasteiger partial charge in [0.2, 0.25) is 0 Å². The van der Waals surface area contributed by atoms with Crippen LogP contribution in [-0.2, 0) is 17.7 Å². The Hall–Kier alpha value is -0.870. The predicted molar refractivity (Wildman–Crippen MR) is 60.8 cm³/mol. The lowest BCUT2D eigenvalue weighted by molar-refractivity contribution is 0.194. The predicted octanol–water partition coefficient (Wildman–Crippen LogP) is 1.49. The molecule has 0 aromatic carbocycles. The summed E-state index contributed by atoms with van der Waals surface area (Å²) in [5, 5.41) is 3.34. The fourth-order valence-electron chi connectivity index (χ4n) is 1.41. The molecule has 2 N–H and O–H groups in total. The van der Waals surface area contributed by atoms with Crippen LogP contribution in [0.15, 0.2) is 6.20 Å². The number of aromatic amines is 1. The van der Waals surface area contributed by atoms with Gasteiger partial charge in [-0.05, 0) is 19.4 Å². The van der Waals surface area contributed by atoms with E-state index in [1.165, 1.54) is 0 Å². The zero-order chi connectivity index (χ0) is 10.9. The number of imidazole rings is 1. The highest BCUT2D eigenvalue weighted by molar-refractivity contribution is 5.01. The molecule has 4 heteroatoms. The molecule has 1 aromatic heterocycles. The minimum Gasteiger partial charge on any atom is -0.385 e. The van der Waals surface area contributed by atoms with Gasteiger partial charge in [0.1, 0.15) is 5.82 Å². The summed E-state index contributed by atoms with van der Waals surface area (Å²) in [6, 6.07) is 0. The van der Waals surface area contributed by atoms with Crippen molar-refractivity contribution in [1.29, 1.82) is 0 Å². The van der Waals surface area contributed by atoms with Crippen molar-refractivity contribution in [2.75, 3.05) is 20.3 Å². The van der Waals surface area contributed by atoms with Crippen molar-refractivity contribution in [3.63, 3.8) is 0 Å². The van der Waals surface area contributed by atoms with E-state index in [0.29, 0.717) is 0 Å². The molecule has 86 valence electrons. The van der Waals surface area contributed by atoms with Crippen molar-refractivity contribution in [1.82, 2.24) is 15.3 Å². The number of nitrogens with one attached hydrogen (secondary N) is 2. The summed E-state index contributed by atoms with van der Waals surface area (Å²) in [6.45, 7) is 4.89. The number of ether oxygens (including phenoxy) is 1. The fraction of sp³-hybridized carbons (Fsp3) is 0.727. The van der Waals surface area contributed by atoms with E-state index < -0.39 is 0 Å². The molecule has 0 unspecified atom stereocenters. The summed E-state index contributed by atoms with van der Waals surface area (Å²) < 4.78 is 5.00. The summed E-state index contributed by atoms with van der Waals surface area (Å²) >= 11 is 0.